The van der Waals surface area contributed by atoms with Gasteiger partial charge in [0.05, 0.1) is 5.02 Å². The lowest BCUT2D eigenvalue weighted by Gasteiger charge is -2.06. The van der Waals surface area contributed by atoms with Crippen LogP contribution in [0.3, 0.4) is 0 Å². The van der Waals surface area contributed by atoms with Crippen molar-refractivity contribution in [3.63, 3.8) is 0 Å². The normalized spacial score (nSPS) is 10.2. The monoisotopic (exact) mass is 234 g/mol. The SMILES string of the molecule is Cc1cc(Cl)c(Br)c(C)c1O. The van der Waals surface area contributed by atoms with Gasteiger partial charge in [0.15, 0.2) is 0 Å². The molecule has 0 atom stereocenters. The van der Waals surface area contributed by atoms with Gasteiger partial charge < -0.3 is 5.11 Å². The Morgan fingerprint density at radius 2 is 2.00 bits per heavy atom. The maximum Gasteiger partial charge on any atom is 0.122 e. The highest BCUT2D eigenvalue weighted by Crippen LogP contribution is 2.34. The van der Waals surface area contributed by atoms with E-state index in [9.17, 15) is 5.11 Å². The lowest BCUT2D eigenvalue weighted by Crippen LogP contribution is -1.83. The predicted octanol–water partition coefficient (Wildman–Crippen LogP) is 3.42. The zero-order chi connectivity index (χ0) is 8.59. The van der Waals surface area contributed by atoms with Crippen molar-refractivity contribution < 1.29 is 5.11 Å². The molecule has 0 amide bonds. The van der Waals surface area contributed by atoms with Crippen LogP contribution in [0.25, 0.3) is 0 Å². The van der Waals surface area contributed by atoms with E-state index < -0.39 is 0 Å². The lowest BCUT2D eigenvalue weighted by atomic mass is 10.1. The molecule has 1 rings (SSSR count). The van der Waals surface area contributed by atoms with Crippen LogP contribution in [0, 0.1) is 13.8 Å². The summed E-state index contributed by atoms with van der Waals surface area (Å²) in [6.45, 7) is 3.64. The van der Waals surface area contributed by atoms with Crippen LogP contribution in [0.4, 0.5) is 0 Å². The molecule has 3 heteroatoms. The topological polar surface area (TPSA) is 20.2 Å². The molecule has 0 aliphatic carbocycles. The number of aromatic hydroxyl groups is 1. The molecule has 1 N–H and O–H groups in total. The number of phenolic OH excluding ortho intramolecular Hbond substituents is 1. The fourth-order valence-electron chi connectivity index (χ4n) is 0.901. The van der Waals surface area contributed by atoms with E-state index in [1.54, 1.807) is 6.07 Å². The van der Waals surface area contributed by atoms with E-state index in [1.807, 2.05) is 13.8 Å². The number of hydrogen-bond acceptors (Lipinski definition) is 1. The summed E-state index contributed by atoms with van der Waals surface area (Å²) < 4.78 is 0.766. The molecule has 0 saturated heterocycles. The molecule has 0 spiro atoms. The van der Waals surface area contributed by atoms with Gasteiger partial charge >= 0.3 is 0 Å². The molecule has 0 radical (unpaired) electrons. The Labute approximate surface area is 79.1 Å². The Morgan fingerprint density at radius 3 is 2.55 bits per heavy atom. The molecule has 0 bridgehead atoms. The van der Waals surface area contributed by atoms with Gasteiger partial charge in [-0.15, -0.1) is 0 Å². The highest BCUT2D eigenvalue weighted by molar-refractivity contribution is 9.10. The maximum absolute atomic E-state index is 9.42. The number of hydrogen-bond donors (Lipinski definition) is 1. The van der Waals surface area contributed by atoms with Crippen LogP contribution in [0.15, 0.2) is 10.5 Å². The van der Waals surface area contributed by atoms with Crippen LogP contribution in [0.1, 0.15) is 11.1 Å². The van der Waals surface area contributed by atoms with Crippen LogP contribution >= 0.6 is 27.5 Å². The quantitative estimate of drug-likeness (QED) is 0.730. The highest BCUT2D eigenvalue weighted by Gasteiger charge is 2.07. The zero-order valence-electron chi connectivity index (χ0n) is 6.28. The minimum atomic E-state index is 0.307. The smallest absolute Gasteiger partial charge is 0.122 e. The van der Waals surface area contributed by atoms with E-state index >= 15 is 0 Å². The fourth-order valence-corrected chi connectivity index (χ4v) is 1.51. The van der Waals surface area contributed by atoms with Crippen LogP contribution in [-0.2, 0) is 0 Å². The average molecular weight is 236 g/mol. The standard InChI is InChI=1S/C8H8BrClO/c1-4-3-6(10)7(9)5(2)8(4)11/h3,11H,1-2H3. The molecule has 0 saturated carbocycles. The second-order valence-electron chi connectivity index (χ2n) is 2.46. The summed E-state index contributed by atoms with van der Waals surface area (Å²) in [4.78, 5) is 0. The van der Waals surface area contributed by atoms with E-state index in [0.717, 1.165) is 15.6 Å². The first-order valence-corrected chi connectivity index (χ1v) is 4.35. The molecule has 0 aromatic heterocycles. The van der Waals surface area contributed by atoms with Crippen molar-refractivity contribution in [1.29, 1.82) is 0 Å². The lowest BCUT2D eigenvalue weighted by molar-refractivity contribution is 0.466. The third-order valence-corrected chi connectivity index (χ3v) is 3.16. The van der Waals surface area contributed by atoms with Crippen molar-refractivity contribution in [2.24, 2.45) is 0 Å². The Balaban J connectivity index is 3.46. The summed E-state index contributed by atoms with van der Waals surface area (Å²) >= 11 is 9.11. The highest BCUT2D eigenvalue weighted by atomic mass is 79.9. The molecule has 0 aliphatic heterocycles. The van der Waals surface area contributed by atoms with Crippen LogP contribution in [-0.4, -0.2) is 5.11 Å². The van der Waals surface area contributed by atoms with Crippen molar-refractivity contribution in [3.05, 3.63) is 26.7 Å². The van der Waals surface area contributed by atoms with E-state index in [1.165, 1.54) is 0 Å². The summed E-state index contributed by atoms with van der Waals surface area (Å²) in [5.41, 5.74) is 1.59. The minimum absolute atomic E-state index is 0.307. The van der Waals surface area contributed by atoms with E-state index in [-0.39, 0.29) is 0 Å². The van der Waals surface area contributed by atoms with Gasteiger partial charge in [0.1, 0.15) is 5.75 Å². The number of benzene rings is 1. The largest absolute Gasteiger partial charge is 0.507 e. The third-order valence-electron chi connectivity index (χ3n) is 1.61. The Bertz CT molecular complexity index is 270. The maximum atomic E-state index is 9.42. The molecule has 1 aromatic rings. The summed E-state index contributed by atoms with van der Waals surface area (Å²) in [6.07, 6.45) is 0. The van der Waals surface area contributed by atoms with E-state index in [0.29, 0.717) is 10.8 Å². The van der Waals surface area contributed by atoms with Crippen LogP contribution in [0.5, 0.6) is 5.75 Å². The number of halogens is 2. The van der Waals surface area contributed by atoms with Crippen LogP contribution in [0.2, 0.25) is 5.02 Å². The van der Waals surface area contributed by atoms with Gasteiger partial charge in [-0.3, -0.25) is 0 Å². The molecule has 1 nitrogen and oxygen atoms in total. The van der Waals surface area contributed by atoms with Crippen LogP contribution < -0.4 is 0 Å². The second kappa shape index (κ2) is 3.03. The molecular formula is C8H8BrClO. The molecule has 1 aromatic carbocycles. The van der Waals surface area contributed by atoms with E-state index in [2.05, 4.69) is 15.9 Å². The van der Waals surface area contributed by atoms with Gasteiger partial charge in [0.25, 0.3) is 0 Å². The van der Waals surface area contributed by atoms with Crippen molar-refractivity contribution in [1.82, 2.24) is 0 Å². The van der Waals surface area contributed by atoms with Gasteiger partial charge in [-0.05, 0) is 41.4 Å². The van der Waals surface area contributed by atoms with Gasteiger partial charge in [0, 0.05) is 10.0 Å². The first kappa shape index (κ1) is 8.88. The summed E-state index contributed by atoms with van der Waals surface area (Å²) in [7, 11) is 0. The molecule has 11 heavy (non-hydrogen) atoms. The fraction of sp³-hybridized carbons (Fsp3) is 0.250. The Kier molecular flexibility index (Phi) is 2.45. The van der Waals surface area contributed by atoms with Crippen molar-refractivity contribution >= 4 is 27.5 Å². The minimum Gasteiger partial charge on any atom is -0.507 e. The van der Waals surface area contributed by atoms with Gasteiger partial charge in [-0.25, -0.2) is 0 Å². The first-order chi connectivity index (χ1) is 5.04. The molecule has 0 fully saturated rings. The predicted molar refractivity (Wildman–Crippen MR) is 50.3 cm³/mol. The summed E-state index contributed by atoms with van der Waals surface area (Å²) in [5.74, 6) is 0.307. The molecule has 60 valence electrons. The van der Waals surface area contributed by atoms with Gasteiger partial charge in [-0.2, -0.15) is 0 Å². The van der Waals surface area contributed by atoms with Crippen molar-refractivity contribution in [2.45, 2.75) is 13.8 Å². The molecule has 0 heterocycles. The summed E-state index contributed by atoms with van der Waals surface area (Å²) in [5, 5.41) is 10.1. The Morgan fingerprint density at radius 1 is 1.45 bits per heavy atom. The summed E-state index contributed by atoms with van der Waals surface area (Å²) in [6, 6.07) is 1.73. The molecule has 0 aliphatic rings. The second-order valence-corrected chi connectivity index (χ2v) is 3.66. The first-order valence-electron chi connectivity index (χ1n) is 3.18. The zero-order valence-corrected chi connectivity index (χ0v) is 8.62. The number of rotatable bonds is 0. The number of aryl methyl sites for hydroxylation is 1. The van der Waals surface area contributed by atoms with Gasteiger partial charge in [-0.1, -0.05) is 11.6 Å². The molecule has 0 unspecified atom stereocenters. The van der Waals surface area contributed by atoms with Gasteiger partial charge in [0.2, 0.25) is 0 Å². The number of phenols is 1. The Hall–Kier alpha value is -0.210. The van der Waals surface area contributed by atoms with Crippen molar-refractivity contribution in [3.8, 4) is 5.75 Å². The van der Waals surface area contributed by atoms with Crippen molar-refractivity contribution in [2.75, 3.05) is 0 Å². The average Bonchev–Trinajstić information content (AvgIpc) is 1.97. The van der Waals surface area contributed by atoms with E-state index in [4.69, 9.17) is 11.6 Å². The molecular weight excluding hydrogens is 227 g/mol. The third kappa shape index (κ3) is 1.52.